The number of aromatic hydroxyl groups is 1. The smallest absolute Gasteiger partial charge is 0.139 e. The van der Waals surface area contributed by atoms with Crippen molar-refractivity contribution in [2.75, 3.05) is 5.32 Å². The molecule has 0 amide bonds. The number of phenolic OH excluding ortho intramolecular Hbond substituents is 1. The molecule has 2 aromatic rings. The Labute approximate surface area is 169 Å². The molecule has 7 heteroatoms. The largest absolute Gasteiger partial charge is 0.506 e. The standard InChI is InChI=1S/C17H17Cl3N2O2.C2H6/c1-17(24,13-4-2-10(18)6-14(13)20)8-12(21)9-22-15-7-11(19)3-5-16(15)23;1-2/h2-7,9,22-24H,8,21H2,1H3;1-2H3/b12-9-;. The topological polar surface area (TPSA) is 78.5 Å². The molecular weight excluding hydrogens is 395 g/mol. The molecule has 0 fully saturated rings. The third-order valence-electron chi connectivity index (χ3n) is 3.43. The molecule has 2 aromatic carbocycles. The number of anilines is 1. The van der Waals surface area contributed by atoms with Crippen LogP contribution in [0.1, 0.15) is 32.8 Å². The van der Waals surface area contributed by atoms with E-state index in [9.17, 15) is 10.2 Å². The fourth-order valence-corrected chi connectivity index (χ4v) is 3.05. The highest BCUT2D eigenvalue weighted by Crippen LogP contribution is 2.34. The van der Waals surface area contributed by atoms with Gasteiger partial charge in [-0.05, 0) is 37.3 Å². The number of aliphatic hydroxyl groups is 1. The van der Waals surface area contributed by atoms with E-state index in [0.29, 0.717) is 32.0 Å². The Morgan fingerprint density at radius 1 is 1.12 bits per heavy atom. The number of nitrogens with two attached hydrogens (primary N) is 1. The summed E-state index contributed by atoms with van der Waals surface area (Å²) in [4.78, 5) is 0. The molecule has 26 heavy (non-hydrogen) atoms. The van der Waals surface area contributed by atoms with Gasteiger partial charge in [0.1, 0.15) is 5.75 Å². The molecule has 0 bridgehead atoms. The van der Waals surface area contributed by atoms with Gasteiger partial charge < -0.3 is 21.3 Å². The van der Waals surface area contributed by atoms with Gasteiger partial charge in [-0.3, -0.25) is 0 Å². The molecule has 0 aliphatic rings. The molecule has 0 spiro atoms. The molecule has 0 aliphatic carbocycles. The summed E-state index contributed by atoms with van der Waals surface area (Å²) in [6, 6.07) is 9.48. The average molecular weight is 418 g/mol. The zero-order valence-electron chi connectivity index (χ0n) is 14.9. The van der Waals surface area contributed by atoms with Crippen molar-refractivity contribution in [2.45, 2.75) is 32.8 Å². The summed E-state index contributed by atoms with van der Waals surface area (Å²) < 4.78 is 0. The lowest BCUT2D eigenvalue weighted by atomic mass is 9.91. The minimum atomic E-state index is -1.28. The molecule has 0 aromatic heterocycles. The van der Waals surface area contributed by atoms with Crippen LogP contribution in [0.3, 0.4) is 0 Å². The van der Waals surface area contributed by atoms with Crippen molar-refractivity contribution in [3.8, 4) is 5.75 Å². The summed E-state index contributed by atoms with van der Waals surface area (Å²) in [5.41, 5.74) is 5.99. The lowest BCUT2D eigenvalue weighted by Crippen LogP contribution is -2.24. The van der Waals surface area contributed by atoms with Crippen molar-refractivity contribution in [1.29, 1.82) is 0 Å². The van der Waals surface area contributed by atoms with Gasteiger partial charge in [-0.25, -0.2) is 0 Å². The minimum absolute atomic E-state index is 0.0379. The van der Waals surface area contributed by atoms with E-state index in [1.807, 2.05) is 13.8 Å². The molecular formula is C19H23Cl3N2O2. The number of benzene rings is 2. The van der Waals surface area contributed by atoms with Crippen LogP contribution in [0.4, 0.5) is 5.69 Å². The van der Waals surface area contributed by atoms with E-state index in [1.54, 1.807) is 37.3 Å². The summed E-state index contributed by atoms with van der Waals surface area (Å²) in [7, 11) is 0. The quantitative estimate of drug-likeness (QED) is 0.457. The molecule has 1 atom stereocenters. The van der Waals surface area contributed by atoms with E-state index < -0.39 is 5.60 Å². The minimum Gasteiger partial charge on any atom is -0.506 e. The van der Waals surface area contributed by atoms with Gasteiger partial charge in [-0.1, -0.05) is 54.7 Å². The number of phenols is 1. The Bertz CT molecular complexity index is 777. The van der Waals surface area contributed by atoms with Crippen molar-refractivity contribution in [3.05, 3.63) is 68.9 Å². The lowest BCUT2D eigenvalue weighted by molar-refractivity contribution is 0.0574. The number of halogens is 3. The Kier molecular flexibility index (Phi) is 8.57. The molecule has 2 rings (SSSR count). The Hall–Kier alpha value is -1.59. The third kappa shape index (κ3) is 6.29. The van der Waals surface area contributed by atoms with Gasteiger partial charge in [0.2, 0.25) is 0 Å². The SMILES string of the molecule is CC.CC(O)(C/C(N)=C/Nc1cc(Cl)ccc1O)c1ccc(Cl)cc1Cl. The molecule has 0 aliphatic heterocycles. The predicted molar refractivity (Wildman–Crippen MR) is 111 cm³/mol. The van der Waals surface area contributed by atoms with Crippen LogP contribution in [0, 0.1) is 0 Å². The maximum absolute atomic E-state index is 10.7. The van der Waals surface area contributed by atoms with E-state index >= 15 is 0 Å². The molecule has 4 nitrogen and oxygen atoms in total. The third-order valence-corrected chi connectivity index (χ3v) is 4.21. The van der Waals surface area contributed by atoms with Crippen LogP contribution in [-0.2, 0) is 5.60 Å². The van der Waals surface area contributed by atoms with Crippen LogP contribution in [0.5, 0.6) is 5.75 Å². The highest BCUT2D eigenvalue weighted by molar-refractivity contribution is 6.35. The molecule has 5 N–H and O–H groups in total. The van der Waals surface area contributed by atoms with E-state index in [4.69, 9.17) is 40.5 Å². The average Bonchev–Trinajstić information content (AvgIpc) is 2.56. The van der Waals surface area contributed by atoms with Crippen LogP contribution in [0.25, 0.3) is 0 Å². The summed E-state index contributed by atoms with van der Waals surface area (Å²) in [6.45, 7) is 5.61. The number of hydrogen-bond donors (Lipinski definition) is 4. The first-order chi connectivity index (χ1) is 12.2. The van der Waals surface area contributed by atoms with Gasteiger partial charge in [-0.15, -0.1) is 0 Å². The maximum Gasteiger partial charge on any atom is 0.139 e. The van der Waals surface area contributed by atoms with Crippen molar-refractivity contribution in [3.63, 3.8) is 0 Å². The van der Waals surface area contributed by atoms with Crippen molar-refractivity contribution >= 4 is 40.5 Å². The van der Waals surface area contributed by atoms with E-state index in [-0.39, 0.29) is 12.2 Å². The van der Waals surface area contributed by atoms with Gasteiger partial charge in [0.05, 0.1) is 11.3 Å². The summed E-state index contributed by atoms with van der Waals surface area (Å²) >= 11 is 17.9. The molecule has 0 saturated carbocycles. The first kappa shape index (κ1) is 22.5. The monoisotopic (exact) mass is 416 g/mol. The second kappa shape index (κ2) is 9.93. The van der Waals surface area contributed by atoms with Crippen LogP contribution < -0.4 is 11.1 Å². The van der Waals surface area contributed by atoms with Crippen molar-refractivity contribution in [1.82, 2.24) is 0 Å². The molecule has 1 unspecified atom stereocenters. The number of rotatable bonds is 5. The normalized spacial score (nSPS) is 13.4. The summed E-state index contributed by atoms with van der Waals surface area (Å²) in [6.07, 6.45) is 1.62. The van der Waals surface area contributed by atoms with Crippen LogP contribution in [-0.4, -0.2) is 10.2 Å². The fourth-order valence-electron chi connectivity index (χ4n) is 2.26. The summed E-state index contributed by atoms with van der Waals surface area (Å²) in [5, 5.41) is 24.6. The van der Waals surface area contributed by atoms with E-state index in [0.717, 1.165) is 0 Å². The number of nitrogens with one attached hydrogen (secondary N) is 1. The van der Waals surface area contributed by atoms with Crippen LogP contribution in [0.2, 0.25) is 15.1 Å². The van der Waals surface area contributed by atoms with E-state index in [1.165, 1.54) is 12.3 Å². The van der Waals surface area contributed by atoms with Crippen LogP contribution in [0.15, 0.2) is 48.3 Å². The van der Waals surface area contributed by atoms with Gasteiger partial charge in [-0.2, -0.15) is 0 Å². The van der Waals surface area contributed by atoms with Gasteiger partial charge in [0.25, 0.3) is 0 Å². The number of hydrogen-bond acceptors (Lipinski definition) is 4. The first-order valence-electron chi connectivity index (χ1n) is 8.06. The summed E-state index contributed by atoms with van der Waals surface area (Å²) in [5.74, 6) is 0.0379. The van der Waals surface area contributed by atoms with Crippen molar-refractivity contribution in [2.24, 2.45) is 5.73 Å². The predicted octanol–water partition coefficient (Wildman–Crippen LogP) is 5.89. The molecule has 0 heterocycles. The maximum atomic E-state index is 10.7. The zero-order chi connectivity index (χ0) is 19.9. The Morgan fingerprint density at radius 3 is 2.31 bits per heavy atom. The highest BCUT2D eigenvalue weighted by atomic mass is 35.5. The lowest BCUT2D eigenvalue weighted by Gasteiger charge is -2.25. The van der Waals surface area contributed by atoms with Gasteiger partial charge in [0.15, 0.2) is 0 Å². The van der Waals surface area contributed by atoms with Gasteiger partial charge in [0, 0.05) is 38.9 Å². The Morgan fingerprint density at radius 2 is 1.69 bits per heavy atom. The second-order valence-electron chi connectivity index (χ2n) is 5.60. The van der Waals surface area contributed by atoms with Crippen molar-refractivity contribution < 1.29 is 10.2 Å². The Balaban J connectivity index is 0.00000163. The highest BCUT2D eigenvalue weighted by Gasteiger charge is 2.26. The molecule has 0 radical (unpaired) electrons. The van der Waals surface area contributed by atoms with E-state index in [2.05, 4.69) is 5.32 Å². The zero-order valence-corrected chi connectivity index (χ0v) is 17.1. The fraction of sp³-hybridized carbons (Fsp3) is 0.263. The first-order valence-corrected chi connectivity index (χ1v) is 9.20. The molecule has 0 saturated heterocycles. The second-order valence-corrected chi connectivity index (χ2v) is 6.88. The van der Waals surface area contributed by atoms with Crippen LogP contribution >= 0.6 is 34.8 Å². The van der Waals surface area contributed by atoms with Gasteiger partial charge >= 0.3 is 0 Å². The molecule has 142 valence electrons.